The normalized spacial score (nSPS) is 10.9. The number of amides is 1. The van der Waals surface area contributed by atoms with Crippen LogP contribution in [0.4, 0.5) is 5.69 Å². The summed E-state index contributed by atoms with van der Waals surface area (Å²) in [6.45, 7) is 6.19. The summed E-state index contributed by atoms with van der Waals surface area (Å²) >= 11 is 0. The fraction of sp³-hybridized carbons (Fsp3) is 0.300. The molecular formula is C20H23NO4. The highest BCUT2D eigenvalue weighted by atomic mass is 16.5. The first-order valence-corrected chi connectivity index (χ1v) is 8.02. The lowest BCUT2D eigenvalue weighted by atomic mass is 9.86. The van der Waals surface area contributed by atoms with E-state index in [1.165, 1.54) is 7.11 Å². The maximum atomic E-state index is 12.1. The zero-order valence-corrected chi connectivity index (χ0v) is 15.0. The monoisotopic (exact) mass is 341 g/mol. The van der Waals surface area contributed by atoms with Gasteiger partial charge in [-0.3, -0.25) is 4.79 Å². The van der Waals surface area contributed by atoms with Crippen LogP contribution in [0.1, 0.15) is 36.7 Å². The largest absolute Gasteiger partial charge is 0.483 e. The molecule has 0 atom stereocenters. The SMILES string of the molecule is COC(=O)c1ccc(NC(=O)COc2ccccc2C(C)(C)C)cc1. The van der Waals surface area contributed by atoms with E-state index < -0.39 is 5.97 Å². The maximum absolute atomic E-state index is 12.1. The molecule has 25 heavy (non-hydrogen) atoms. The third kappa shape index (κ3) is 5.08. The first kappa shape index (κ1) is 18.5. The Balaban J connectivity index is 1.97. The molecule has 0 heterocycles. The molecule has 0 aliphatic heterocycles. The molecule has 5 heteroatoms. The number of hydrogen-bond donors (Lipinski definition) is 1. The molecule has 0 saturated heterocycles. The minimum Gasteiger partial charge on any atom is -0.483 e. The lowest BCUT2D eigenvalue weighted by Crippen LogP contribution is -2.22. The molecule has 132 valence electrons. The summed E-state index contributed by atoms with van der Waals surface area (Å²) in [6.07, 6.45) is 0. The Kier molecular flexibility index (Phi) is 5.80. The van der Waals surface area contributed by atoms with Crippen LogP contribution < -0.4 is 10.1 Å². The smallest absolute Gasteiger partial charge is 0.337 e. The highest BCUT2D eigenvalue weighted by Crippen LogP contribution is 2.30. The lowest BCUT2D eigenvalue weighted by Gasteiger charge is -2.22. The number of nitrogens with one attached hydrogen (secondary N) is 1. The number of esters is 1. The van der Waals surface area contributed by atoms with E-state index in [1.54, 1.807) is 24.3 Å². The number of para-hydroxylation sites is 1. The predicted octanol–water partition coefficient (Wildman–Crippen LogP) is 3.79. The summed E-state index contributed by atoms with van der Waals surface area (Å²) in [5.41, 5.74) is 1.99. The summed E-state index contributed by atoms with van der Waals surface area (Å²) in [5, 5.41) is 2.74. The van der Waals surface area contributed by atoms with Gasteiger partial charge >= 0.3 is 5.97 Å². The number of hydrogen-bond acceptors (Lipinski definition) is 4. The highest BCUT2D eigenvalue weighted by molar-refractivity contribution is 5.93. The molecule has 2 aromatic rings. The third-order valence-corrected chi connectivity index (χ3v) is 3.64. The Morgan fingerprint density at radius 3 is 2.24 bits per heavy atom. The predicted molar refractivity (Wildman–Crippen MR) is 97.0 cm³/mol. The van der Waals surface area contributed by atoms with Gasteiger partial charge in [0, 0.05) is 5.69 Å². The Labute approximate surface area is 148 Å². The number of methoxy groups -OCH3 is 1. The van der Waals surface area contributed by atoms with Gasteiger partial charge in [-0.1, -0.05) is 39.0 Å². The zero-order chi connectivity index (χ0) is 18.4. The van der Waals surface area contributed by atoms with Crippen LogP contribution in [-0.4, -0.2) is 25.6 Å². The molecule has 1 N–H and O–H groups in total. The molecule has 0 unspecified atom stereocenters. The molecule has 0 saturated carbocycles. The molecule has 0 bridgehead atoms. The van der Waals surface area contributed by atoms with Crippen molar-refractivity contribution in [3.8, 4) is 5.75 Å². The molecule has 0 spiro atoms. The van der Waals surface area contributed by atoms with Gasteiger partial charge in [-0.15, -0.1) is 0 Å². The standard InChI is InChI=1S/C20H23NO4/c1-20(2,3)16-7-5-6-8-17(16)25-13-18(22)21-15-11-9-14(10-12-15)19(23)24-4/h5-12H,13H2,1-4H3,(H,21,22). The molecular weight excluding hydrogens is 318 g/mol. The molecule has 0 aliphatic rings. The molecule has 0 aliphatic carbocycles. The van der Waals surface area contributed by atoms with Crippen LogP contribution in [0.5, 0.6) is 5.75 Å². The Morgan fingerprint density at radius 1 is 1.00 bits per heavy atom. The Morgan fingerprint density at radius 2 is 1.64 bits per heavy atom. The third-order valence-electron chi connectivity index (χ3n) is 3.64. The van der Waals surface area contributed by atoms with Crippen LogP contribution in [0, 0.1) is 0 Å². The summed E-state index contributed by atoms with van der Waals surface area (Å²) in [7, 11) is 1.32. The average molecular weight is 341 g/mol. The lowest BCUT2D eigenvalue weighted by molar-refractivity contribution is -0.118. The number of rotatable bonds is 5. The van der Waals surface area contributed by atoms with E-state index in [1.807, 2.05) is 24.3 Å². The number of anilines is 1. The Hall–Kier alpha value is -2.82. The second-order valence-electron chi connectivity index (χ2n) is 6.65. The summed E-state index contributed by atoms with van der Waals surface area (Å²) in [5.74, 6) is 0.0146. The van der Waals surface area contributed by atoms with Crippen LogP contribution in [0.2, 0.25) is 0 Å². The topological polar surface area (TPSA) is 64.6 Å². The summed E-state index contributed by atoms with van der Waals surface area (Å²) < 4.78 is 10.3. The minimum absolute atomic E-state index is 0.0726. The van der Waals surface area contributed by atoms with Crippen LogP contribution in [0.25, 0.3) is 0 Å². The van der Waals surface area contributed by atoms with Gasteiger partial charge in [0.2, 0.25) is 0 Å². The average Bonchev–Trinajstić information content (AvgIpc) is 2.59. The fourth-order valence-electron chi connectivity index (χ4n) is 2.36. The summed E-state index contributed by atoms with van der Waals surface area (Å²) in [6, 6.07) is 14.2. The van der Waals surface area contributed by atoms with Crippen LogP contribution >= 0.6 is 0 Å². The second kappa shape index (κ2) is 7.83. The molecule has 0 fully saturated rings. The van der Waals surface area contributed by atoms with Gasteiger partial charge in [-0.2, -0.15) is 0 Å². The van der Waals surface area contributed by atoms with Crippen LogP contribution in [0.3, 0.4) is 0 Å². The molecule has 5 nitrogen and oxygen atoms in total. The zero-order valence-electron chi connectivity index (χ0n) is 15.0. The number of ether oxygens (including phenoxy) is 2. The van der Waals surface area contributed by atoms with Crippen molar-refractivity contribution in [3.05, 3.63) is 59.7 Å². The van der Waals surface area contributed by atoms with E-state index in [2.05, 4.69) is 30.8 Å². The fourth-order valence-corrected chi connectivity index (χ4v) is 2.36. The van der Waals surface area contributed by atoms with Crippen molar-refractivity contribution in [1.29, 1.82) is 0 Å². The number of carbonyl (C=O) groups is 2. The second-order valence-corrected chi connectivity index (χ2v) is 6.65. The maximum Gasteiger partial charge on any atom is 0.337 e. The van der Waals surface area contributed by atoms with Crippen molar-refractivity contribution < 1.29 is 19.1 Å². The number of benzene rings is 2. The van der Waals surface area contributed by atoms with Crippen LogP contribution in [-0.2, 0) is 14.9 Å². The van der Waals surface area contributed by atoms with E-state index in [4.69, 9.17) is 4.74 Å². The van der Waals surface area contributed by atoms with E-state index in [-0.39, 0.29) is 17.9 Å². The van der Waals surface area contributed by atoms with Crippen molar-refractivity contribution in [2.45, 2.75) is 26.2 Å². The molecule has 0 aromatic heterocycles. The van der Waals surface area contributed by atoms with Gasteiger partial charge in [0.25, 0.3) is 5.91 Å². The van der Waals surface area contributed by atoms with Crippen molar-refractivity contribution in [2.75, 3.05) is 19.0 Å². The van der Waals surface area contributed by atoms with Gasteiger partial charge in [-0.05, 0) is 41.3 Å². The van der Waals surface area contributed by atoms with Gasteiger partial charge < -0.3 is 14.8 Å². The van der Waals surface area contributed by atoms with Crippen molar-refractivity contribution in [3.63, 3.8) is 0 Å². The molecule has 2 aromatic carbocycles. The molecule has 2 rings (SSSR count). The van der Waals surface area contributed by atoms with Gasteiger partial charge in [0.15, 0.2) is 6.61 Å². The van der Waals surface area contributed by atoms with Crippen molar-refractivity contribution in [1.82, 2.24) is 0 Å². The first-order valence-electron chi connectivity index (χ1n) is 8.02. The van der Waals surface area contributed by atoms with Gasteiger partial charge in [0.05, 0.1) is 12.7 Å². The summed E-state index contributed by atoms with van der Waals surface area (Å²) in [4.78, 5) is 23.5. The number of carbonyl (C=O) groups excluding carboxylic acids is 2. The molecule has 1 amide bonds. The first-order chi connectivity index (χ1) is 11.8. The van der Waals surface area contributed by atoms with Crippen molar-refractivity contribution >= 4 is 17.6 Å². The van der Waals surface area contributed by atoms with Crippen LogP contribution in [0.15, 0.2) is 48.5 Å². The van der Waals surface area contributed by atoms with Gasteiger partial charge in [-0.25, -0.2) is 4.79 Å². The van der Waals surface area contributed by atoms with Crippen molar-refractivity contribution in [2.24, 2.45) is 0 Å². The van der Waals surface area contributed by atoms with E-state index >= 15 is 0 Å². The van der Waals surface area contributed by atoms with E-state index in [9.17, 15) is 9.59 Å². The quantitative estimate of drug-likeness (QED) is 0.841. The van der Waals surface area contributed by atoms with E-state index in [0.717, 1.165) is 5.56 Å². The Bertz CT molecular complexity index is 745. The minimum atomic E-state index is -0.417. The van der Waals surface area contributed by atoms with E-state index in [0.29, 0.717) is 17.0 Å². The highest BCUT2D eigenvalue weighted by Gasteiger charge is 2.18. The van der Waals surface area contributed by atoms with Gasteiger partial charge in [0.1, 0.15) is 5.75 Å². The molecule has 0 radical (unpaired) electrons.